The fourth-order valence-corrected chi connectivity index (χ4v) is 5.56. The van der Waals surface area contributed by atoms with Crippen molar-refractivity contribution in [2.24, 2.45) is 0 Å². The molecule has 1 aliphatic carbocycles. The molecule has 1 unspecified atom stereocenters. The van der Waals surface area contributed by atoms with Crippen LogP contribution in [0.15, 0.2) is 60.7 Å². The van der Waals surface area contributed by atoms with Gasteiger partial charge in [-0.15, -0.1) is 0 Å². The van der Waals surface area contributed by atoms with Crippen molar-refractivity contribution in [2.45, 2.75) is 19.4 Å². The van der Waals surface area contributed by atoms with Gasteiger partial charge in [-0.1, -0.05) is 72.6 Å². The fourth-order valence-electron chi connectivity index (χ4n) is 4.93. The number of carbonyl (C=O) groups excluding carboxylic acids is 1. The number of hydrogen-bond acceptors (Lipinski definition) is 3. The fraction of sp³-hybridized carbons (Fsp3) is 0.296. The van der Waals surface area contributed by atoms with E-state index in [0.29, 0.717) is 10.0 Å². The first-order valence-electron chi connectivity index (χ1n) is 11.5. The molecule has 3 aromatic carbocycles. The largest absolute Gasteiger partial charge is 0.367 e. The van der Waals surface area contributed by atoms with Crippen LogP contribution in [0.2, 0.25) is 10.0 Å². The van der Waals surface area contributed by atoms with Crippen LogP contribution in [0.5, 0.6) is 0 Å². The van der Waals surface area contributed by atoms with E-state index in [1.54, 1.807) is 0 Å². The number of hydrogen-bond donors (Lipinski definition) is 1. The first-order valence-corrected chi connectivity index (χ1v) is 12.3. The van der Waals surface area contributed by atoms with E-state index in [1.807, 2.05) is 42.5 Å². The minimum atomic E-state index is 0.00897. The van der Waals surface area contributed by atoms with Crippen molar-refractivity contribution < 1.29 is 4.79 Å². The molecule has 1 heterocycles. The van der Waals surface area contributed by atoms with E-state index in [1.165, 1.54) is 16.7 Å². The van der Waals surface area contributed by atoms with Crippen molar-refractivity contribution in [3.05, 3.63) is 76.3 Å². The van der Waals surface area contributed by atoms with Gasteiger partial charge in [0.2, 0.25) is 0 Å². The molecule has 0 bridgehead atoms. The smallest absolute Gasteiger partial charge is 0.252 e. The topological polar surface area (TPSA) is 35.6 Å². The van der Waals surface area contributed by atoms with Gasteiger partial charge in [-0.05, 0) is 41.3 Å². The number of rotatable bonds is 6. The quantitative estimate of drug-likeness (QED) is 0.369. The lowest BCUT2D eigenvalue weighted by Gasteiger charge is -2.38. The highest BCUT2D eigenvalue weighted by Crippen LogP contribution is 2.48. The molecule has 1 aliphatic heterocycles. The van der Waals surface area contributed by atoms with Gasteiger partial charge in [-0.2, -0.15) is 0 Å². The lowest BCUT2D eigenvalue weighted by atomic mass is 9.78. The molecule has 2 aliphatic rings. The minimum Gasteiger partial charge on any atom is -0.367 e. The third kappa shape index (κ3) is 4.23. The molecule has 1 fully saturated rings. The number of fused-ring (bicyclic) bond motifs is 4. The summed E-state index contributed by atoms with van der Waals surface area (Å²) in [6.07, 6.45) is 0.883. The maximum atomic E-state index is 13.2. The van der Waals surface area contributed by atoms with E-state index in [4.69, 9.17) is 23.2 Å². The summed E-state index contributed by atoms with van der Waals surface area (Å²) in [5.41, 5.74) is 6.32. The molecule has 5 rings (SSSR count). The highest BCUT2D eigenvalue weighted by atomic mass is 35.5. The molecule has 1 amide bonds. The number of benzene rings is 3. The van der Waals surface area contributed by atoms with Gasteiger partial charge in [0.1, 0.15) is 0 Å². The summed E-state index contributed by atoms with van der Waals surface area (Å²) in [6.45, 7) is 6.48. The Morgan fingerprint density at radius 1 is 0.879 bits per heavy atom. The van der Waals surface area contributed by atoms with Gasteiger partial charge < -0.3 is 10.2 Å². The molecule has 3 aromatic rings. The number of nitrogens with zero attached hydrogens (tertiary/aromatic N) is 2. The number of piperazine rings is 1. The van der Waals surface area contributed by atoms with Crippen LogP contribution < -0.4 is 10.2 Å². The number of halogens is 2. The van der Waals surface area contributed by atoms with Crippen LogP contribution in [-0.4, -0.2) is 49.6 Å². The highest BCUT2D eigenvalue weighted by Gasteiger charge is 2.28. The van der Waals surface area contributed by atoms with Gasteiger partial charge in [-0.3, -0.25) is 9.69 Å². The molecule has 0 radical (unpaired) electrons. The van der Waals surface area contributed by atoms with Crippen molar-refractivity contribution in [3.63, 3.8) is 0 Å². The molecule has 6 heteroatoms. The monoisotopic (exact) mass is 479 g/mol. The van der Waals surface area contributed by atoms with E-state index in [-0.39, 0.29) is 11.9 Å². The average Bonchev–Trinajstić information content (AvgIpc) is 2.82. The van der Waals surface area contributed by atoms with E-state index in [9.17, 15) is 4.79 Å². The van der Waals surface area contributed by atoms with Gasteiger partial charge >= 0.3 is 0 Å². The van der Waals surface area contributed by atoms with E-state index < -0.39 is 0 Å². The average molecular weight is 480 g/mol. The van der Waals surface area contributed by atoms with E-state index >= 15 is 0 Å². The predicted octanol–water partition coefficient (Wildman–Crippen LogP) is 5.97. The predicted molar refractivity (Wildman–Crippen MR) is 138 cm³/mol. The molecule has 0 spiro atoms. The summed E-state index contributed by atoms with van der Waals surface area (Å²) in [5.74, 6) is 0.00897. The Bertz CT molecular complexity index is 1170. The summed E-state index contributed by atoms with van der Waals surface area (Å²) in [5, 5.41) is 4.67. The third-order valence-corrected chi connectivity index (χ3v) is 7.34. The van der Waals surface area contributed by atoms with Crippen molar-refractivity contribution >= 4 is 34.8 Å². The first-order chi connectivity index (χ1) is 16.1. The number of para-hydroxylation sites is 1. The Balaban J connectivity index is 1.21. The normalized spacial score (nSPS) is 15.9. The zero-order valence-corrected chi connectivity index (χ0v) is 20.2. The SMILES string of the molecule is CCC(CN1CCN(c2c(Cl)cccc2Cl)CC1)NC(=O)c1cccc2c1-c1ccccc1-2. The summed E-state index contributed by atoms with van der Waals surface area (Å²) >= 11 is 12.8. The van der Waals surface area contributed by atoms with Crippen LogP contribution in [0.1, 0.15) is 23.7 Å². The van der Waals surface area contributed by atoms with Gasteiger partial charge in [0.05, 0.1) is 15.7 Å². The molecule has 1 atom stereocenters. The second-order valence-corrected chi connectivity index (χ2v) is 9.52. The molecule has 33 heavy (non-hydrogen) atoms. The summed E-state index contributed by atoms with van der Waals surface area (Å²) in [7, 11) is 0. The van der Waals surface area contributed by atoms with Gasteiger partial charge in [-0.25, -0.2) is 0 Å². The van der Waals surface area contributed by atoms with Gasteiger partial charge in [0.15, 0.2) is 0 Å². The molecule has 1 saturated heterocycles. The Morgan fingerprint density at radius 2 is 1.52 bits per heavy atom. The van der Waals surface area contributed by atoms with Crippen LogP contribution in [0.25, 0.3) is 22.3 Å². The lowest BCUT2D eigenvalue weighted by Crippen LogP contribution is -2.51. The zero-order chi connectivity index (χ0) is 22.9. The number of nitrogens with one attached hydrogen (secondary N) is 1. The maximum Gasteiger partial charge on any atom is 0.252 e. The minimum absolute atomic E-state index is 0.00897. The third-order valence-electron chi connectivity index (χ3n) is 6.73. The molecule has 170 valence electrons. The maximum absolute atomic E-state index is 13.2. The molecule has 1 N–H and O–H groups in total. The van der Waals surface area contributed by atoms with Crippen LogP contribution in [0.3, 0.4) is 0 Å². The molecular weight excluding hydrogens is 453 g/mol. The number of amides is 1. The lowest BCUT2D eigenvalue weighted by molar-refractivity contribution is 0.0922. The van der Waals surface area contributed by atoms with Crippen LogP contribution in [0.4, 0.5) is 5.69 Å². The van der Waals surface area contributed by atoms with Gasteiger partial charge in [0, 0.05) is 49.9 Å². The standard InChI is InChI=1S/C27H27Cl2N3O/c1-2-18(17-31-13-15-32(16-14-31)26-23(28)11-6-12-24(26)29)30-27(33)22-10-5-9-21-19-7-3-4-8-20(19)25(21)22/h3-12,18H,2,13-17H2,1H3,(H,30,33). The summed E-state index contributed by atoms with van der Waals surface area (Å²) < 4.78 is 0. The Kier molecular flexibility index (Phi) is 6.33. The number of carbonyl (C=O) groups is 1. The Hall–Kier alpha value is -2.53. The van der Waals surface area contributed by atoms with Crippen molar-refractivity contribution in [3.8, 4) is 22.3 Å². The number of anilines is 1. The molecule has 0 saturated carbocycles. The van der Waals surface area contributed by atoms with Crippen molar-refractivity contribution in [2.75, 3.05) is 37.6 Å². The van der Waals surface area contributed by atoms with Crippen LogP contribution in [-0.2, 0) is 0 Å². The second-order valence-electron chi connectivity index (χ2n) is 8.71. The van der Waals surface area contributed by atoms with Crippen LogP contribution >= 0.6 is 23.2 Å². The van der Waals surface area contributed by atoms with E-state index in [0.717, 1.165) is 56.0 Å². The summed E-state index contributed by atoms with van der Waals surface area (Å²) in [4.78, 5) is 17.9. The molecular formula is C27H27Cl2N3O. The summed E-state index contributed by atoms with van der Waals surface area (Å²) in [6, 6.07) is 20.0. The first kappa shape index (κ1) is 22.3. The van der Waals surface area contributed by atoms with Crippen molar-refractivity contribution in [1.29, 1.82) is 0 Å². The Morgan fingerprint density at radius 3 is 2.21 bits per heavy atom. The molecule has 4 nitrogen and oxygen atoms in total. The highest BCUT2D eigenvalue weighted by molar-refractivity contribution is 6.39. The van der Waals surface area contributed by atoms with E-state index in [2.05, 4.69) is 40.2 Å². The molecule has 0 aromatic heterocycles. The zero-order valence-electron chi connectivity index (χ0n) is 18.7. The van der Waals surface area contributed by atoms with Crippen molar-refractivity contribution in [1.82, 2.24) is 10.2 Å². The second kappa shape index (κ2) is 9.38. The van der Waals surface area contributed by atoms with Crippen LogP contribution in [0, 0.1) is 0 Å². The van der Waals surface area contributed by atoms with Gasteiger partial charge in [0.25, 0.3) is 5.91 Å². The Labute approximate surface area is 205 Å².